The van der Waals surface area contributed by atoms with Crippen molar-refractivity contribution >= 4 is 50.8 Å². The zero-order valence-electron chi connectivity index (χ0n) is 7.29. The van der Waals surface area contributed by atoms with Crippen molar-refractivity contribution in [3.8, 4) is 0 Å². The Kier molecular flexibility index (Phi) is 1.59. The number of halogens is 1. The maximum atomic E-state index is 6.13. The standard InChI is InChI=1S/C3H10B5ClO/c4-1(2(5,6)9)3(7,8)10-1/h4-8H2. The van der Waals surface area contributed by atoms with Crippen LogP contribution in [0.15, 0.2) is 0 Å². The zero-order valence-corrected chi connectivity index (χ0v) is 8.04. The molecule has 0 aliphatic carbocycles. The lowest BCUT2D eigenvalue weighted by atomic mass is 9.44. The van der Waals surface area contributed by atoms with E-state index in [2.05, 4.69) is 23.5 Å². The van der Waals surface area contributed by atoms with Crippen molar-refractivity contribution in [2.24, 2.45) is 0 Å². The molecule has 0 N–H and O–H groups in total. The van der Waals surface area contributed by atoms with E-state index in [1.54, 1.807) is 0 Å². The van der Waals surface area contributed by atoms with E-state index in [0.29, 0.717) is 0 Å². The molecule has 0 aromatic rings. The highest BCUT2D eigenvalue weighted by Gasteiger charge is 2.65. The first-order valence-corrected chi connectivity index (χ1v) is 3.98. The van der Waals surface area contributed by atoms with Crippen LogP contribution < -0.4 is 0 Å². The number of hydrogen-bond donors (Lipinski definition) is 0. The molecule has 1 aliphatic rings. The van der Waals surface area contributed by atoms with Gasteiger partial charge in [0.25, 0.3) is 0 Å². The Balaban J connectivity index is 2.78. The summed E-state index contributed by atoms with van der Waals surface area (Å²) < 4.78 is 5.26. The van der Waals surface area contributed by atoms with Crippen LogP contribution in [0.4, 0.5) is 0 Å². The van der Waals surface area contributed by atoms with Gasteiger partial charge in [-0.05, 0) is 0 Å². The van der Waals surface area contributed by atoms with Gasteiger partial charge in [-0.25, -0.2) is 0 Å². The lowest BCUT2D eigenvalue weighted by molar-refractivity contribution is 0.364. The number of hydrogen-bond acceptors (Lipinski definition) is 1. The molecule has 50 valence electrons. The first-order valence-electron chi connectivity index (χ1n) is 3.60. The third-order valence-corrected chi connectivity index (χ3v) is 3.06. The minimum absolute atomic E-state index is 0.0434. The van der Waals surface area contributed by atoms with Crippen molar-refractivity contribution in [1.82, 2.24) is 0 Å². The molecule has 1 nitrogen and oxygen atoms in total. The van der Waals surface area contributed by atoms with Gasteiger partial charge in [0.2, 0.25) is 0 Å². The topological polar surface area (TPSA) is 12.5 Å². The van der Waals surface area contributed by atoms with E-state index in [0.717, 1.165) is 0 Å². The Morgan fingerprint density at radius 2 is 1.50 bits per heavy atom. The van der Waals surface area contributed by atoms with Gasteiger partial charge >= 0.3 is 0 Å². The summed E-state index contributed by atoms with van der Waals surface area (Å²) in [7, 11) is 10.2. The number of ether oxygens (including phenoxy) is 1. The van der Waals surface area contributed by atoms with E-state index in [1.165, 1.54) is 0 Å². The minimum Gasteiger partial charge on any atom is -0.392 e. The highest BCUT2D eigenvalue weighted by Crippen LogP contribution is 2.48. The van der Waals surface area contributed by atoms with Crippen molar-refractivity contribution in [3.63, 3.8) is 0 Å². The normalized spacial score (nSPS) is 37.3. The van der Waals surface area contributed by atoms with Gasteiger partial charge in [-0.3, -0.25) is 0 Å². The van der Waals surface area contributed by atoms with E-state index in [4.69, 9.17) is 16.3 Å². The van der Waals surface area contributed by atoms with Crippen molar-refractivity contribution in [2.45, 2.75) is 15.6 Å². The van der Waals surface area contributed by atoms with Crippen LogP contribution in [0, 0.1) is 0 Å². The summed E-state index contributed by atoms with van der Waals surface area (Å²) in [6.07, 6.45) is 0. The van der Waals surface area contributed by atoms with E-state index in [1.807, 2.05) is 15.7 Å². The lowest BCUT2D eigenvalue weighted by Gasteiger charge is -2.24. The average Bonchev–Trinajstić information content (AvgIpc) is 2.05. The van der Waals surface area contributed by atoms with E-state index >= 15 is 0 Å². The Bertz CT molecular complexity index is 165. The van der Waals surface area contributed by atoms with Crippen LogP contribution in [0.3, 0.4) is 0 Å². The summed E-state index contributed by atoms with van der Waals surface area (Å²) in [4.78, 5) is 0. The van der Waals surface area contributed by atoms with Crippen molar-refractivity contribution in [3.05, 3.63) is 0 Å². The molecule has 1 saturated heterocycles. The summed E-state index contributed by atoms with van der Waals surface area (Å²) in [5.74, 6) is 0. The molecule has 0 bridgehead atoms. The molecule has 1 fully saturated rings. The molecule has 1 atom stereocenters. The highest BCUT2D eigenvalue weighted by molar-refractivity contribution is 6.68. The molecule has 7 heteroatoms. The molecule has 1 aliphatic heterocycles. The van der Waals surface area contributed by atoms with Gasteiger partial charge < -0.3 is 4.74 Å². The van der Waals surface area contributed by atoms with Gasteiger partial charge in [-0.1, -0.05) is 0 Å². The molecular formula is C3H10B5ClO. The molecule has 0 radical (unpaired) electrons. The third kappa shape index (κ3) is 0.965. The second kappa shape index (κ2) is 1.84. The largest absolute Gasteiger partial charge is 0.392 e. The Morgan fingerprint density at radius 3 is 1.50 bits per heavy atom. The van der Waals surface area contributed by atoms with Crippen molar-refractivity contribution in [1.29, 1.82) is 0 Å². The average molecular weight is 152 g/mol. The lowest BCUT2D eigenvalue weighted by Crippen LogP contribution is -2.47. The van der Waals surface area contributed by atoms with E-state index in [9.17, 15) is 0 Å². The molecule has 0 aromatic carbocycles. The second-order valence-corrected chi connectivity index (χ2v) is 5.06. The summed E-state index contributed by atoms with van der Waals surface area (Å²) in [6.45, 7) is 0. The SMILES string of the molecule is BC(B)(Cl)C1(B)OC1(B)B. The highest BCUT2D eigenvalue weighted by atomic mass is 35.5. The first kappa shape index (κ1) is 8.67. The Labute approximate surface area is 71.6 Å². The van der Waals surface area contributed by atoms with Crippen molar-refractivity contribution < 1.29 is 4.74 Å². The number of alkyl halides is 1. The molecule has 1 rings (SSSR count). The number of rotatable bonds is 1. The Hall–Kier alpha value is 0.575. The van der Waals surface area contributed by atoms with Gasteiger partial charge in [0.1, 0.15) is 39.2 Å². The van der Waals surface area contributed by atoms with Gasteiger partial charge in [0.15, 0.2) is 0 Å². The fourth-order valence-electron chi connectivity index (χ4n) is 1.32. The molecule has 0 saturated carbocycles. The summed E-state index contributed by atoms with van der Waals surface area (Å²) >= 11 is 6.13. The van der Waals surface area contributed by atoms with Crippen LogP contribution in [-0.4, -0.2) is 54.8 Å². The third-order valence-electron chi connectivity index (χ3n) is 2.70. The fraction of sp³-hybridized carbons (Fsp3) is 1.00. The molecule has 0 amide bonds. The summed E-state index contributed by atoms with van der Waals surface area (Å²) in [5, 5.41) is -0.0434. The summed E-state index contributed by atoms with van der Waals surface area (Å²) in [6, 6.07) is 0. The molecule has 1 unspecified atom stereocenters. The van der Waals surface area contributed by atoms with Gasteiger partial charge in [-0.2, -0.15) is 0 Å². The van der Waals surface area contributed by atoms with E-state index < -0.39 is 0 Å². The van der Waals surface area contributed by atoms with E-state index in [-0.39, 0.29) is 15.6 Å². The smallest absolute Gasteiger partial charge is 0.145 e. The summed E-state index contributed by atoms with van der Waals surface area (Å²) in [5.41, 5.74) is -0.151. The van der Waals surface area contributed by atoms with Gasteiger partial charge in [0.05, 0.1) is 5.50 Å². The van der Waals surface area contributed by atoms with Crippen LogP contribution in [0.5, 0.6) is 0 Å². The zero-order chi connectivity index (χ0) is 8.21. The molecule has 0 aromatic heterocycles. The maximum absolute atomic E-state index is 6.13. The first-order chi connectivity index (χ1) is 4.21. The molecule has 10 heavy (non-hydrogen) atoms. The number of epoxide rings is 1. The van der Waals surface area contributed by atoms with Gasteiger partial charge in [-0.15, -0.1) is 11.6 Å². The van der Waals surface area contributed by atoms with Gasteiger partial charge in [0, 0.05) is 10.1 Å². The second-order valence-electron chi connectivity index (χ2n) is 4.12. The minimum atomic E-state index is -0.267. The predicted molar refractivity (Wildman–Crippen MR) is 57.9 cm³/mol. The predicted octanol–water partition coefficient (Wildman–Crippen LogP) is -4.58. The van der Waals surface area contributed by atoms with Crippen molar-refractivity contribution in [2.75, 3.05) is 0 Å². The monoisotopic (exact) mass is 152 g/mol. The molecule has 1 heterocycles. The van der Waals surface area contributed by atoms with Crippen LogP contribution >= 0.6 is 11.6 Å². The fourth-order valence-corrected chi connectivity index (χ4v) is 1.59. The quantitative estimate of drug-likeness (QED) is 0.209. The van der Waals surface area contributed by atoms with Crippen LogP contribution in [0.2, 0.25) is 0 Å². The maximum Gasteiger partial charge on any atom is 0.145 e. The van der Waals surface area contributed by atoms with Crippen LogP contribution in [0.25, 0.3) is 0 Å². The van der Waals surface area contributed by atoms with Crippen LogP contribution in [0.1, 0.15) is 0 Å². The molecule has 0 spiro atoms. The van der Waals surface area contributed by atoms with Crippen LogP contribution in [-0.2, 0) is 4.74 Å². The Morgan fingerprint density at radius 1 is 1.20 bits per heavy atom. The molecular weight excluding hydrogens is 142 g/mol.